The molecule has 0 N–H and O–H groups in total. The number of aryl methyl sites for hydroxylation is 1. The Morgan fingerprint density at radius 2 is 1.95 bits per heavy atom. The largest absolute Gasteiger partial charge is 0.237 e. The molecule has 1 aliphatic carbocycles. The van der Waals surface area contributed by atoms with Gasteiger partial charge in [0, 0.05) is 5.56 Å². The highest BCUT2D eigenvalue weighted by atomic mass is 15.3. The molecule has 3 rings (SSSR count). The van der Waals surface area contributed by atoms with Crippen molar-refractivity contribution >= 4 is 5.57 Å². The molecular weight excluding hydrogens is 268 g/mol. The standard InChI is InChI=1S/C20H24N2/c1-3-4-15-19-20(17-11-7-5-8-12-17)16(2)21-22(19)18-13-9-6-10-14-18/h6-7,9-14H,3-5,8,15H2,1-2H3. The van der Waals surface area contributed by atoms with Crippen molar-refractivity contribution in [1.82, 2.24) is 9.78 Å². The molecule has 0 saturated carbocycles. The van der Waals surface area contributed by atoms with Crippen LogP contribution >= 0.6 is 0 Å². The number of benzene rings is 1. The third kappa shape index (κ3) is 2.92. The van der Waals surface area contributed by atoms with Gasteiger partial charge >= 0.3 is 0 Å². The highest BCUT2D eigenvalue weighted by Gasteiger charge is 2.18. The van der Waals surface area contributed by atoms with E-state index in [1.165, 1.54) is 29.7 Å². The van der Waals surface area contributed by atoms with E-state index in [0.29, 0.717) is 0 Å². The molecule has 1 heterocycles. The maximum atomic E-state index is 4.85. The average molecular weight is 292 g/mol. The Kier molecular flexibility index (Phi) is 4.57. The number of hydrogen-bond donors (Lipinski definition) is 0. The van der Waals surface area contributed by atoms with Crippen LogP contribution in [0.4, 0.5) is 0 Å². The second kappa shape index (κ2) is 6.78. The van der Waals surface area contributed by atoms with Crippen LogP contribution in [0.15, 0.2) is 48.6 Å². The Hall–Kier alpha value is -2.09. The fourth-order valence-electron chi connectivity index (χ4n) is 3.11. The summed E-state index contributed by atoms with van der Waals surface area (Å²) in [6.45, 7) is 4.38. The number of allylic oxidation sites excluding steroid dienone is 4. The van der Waals surface area contributed by atoms with Crippen LogP contribution < -0.4 is 0 Å². The first-order valence-electron chi connectivity index (χ1n) is 8.32. The molecule has 2 nitrogen and oxygen atoms in total. The lowest BCUT2D eigenvalue weighted by Gasteiger charge is -2.12. The van der Waals surface area contributed by atoms with Crippen LogP contribution in [-0.4, -0.2) is 9.78 Å². The summed E-state index contributed by atoms with van der Waals surface area (Å²) in [5, 5.41) is 4.85. The second-order valence-corrected chi connectivity index (χ2v) is 5.90. The van der Waals surface area contributed by atoms with Gasteiger partial charge in [-0.2, -0.15) is 5.10 Å². The minimum absolute atomic E-state index is 1.08. The van der Waals surface area contributed by atoms with Crippen LogP contribution in [0.2, 0.25) is 0 Å². The van der Waals surface area contributed by atoms with Gasteiger partial charge in [0.2, 0.25) is 0 Å². The van der Waals surface area contributed by atoms with Gasteiger partial charge < -0.3 is 0 Å². The van der Waals surface area contributed by atoms with Crippen molar-refractivity contribution in [3.8, 4) is 5.69 Å². The first-order valence-corrected chi connectivity index (χ1v) is 8.32. The molecular formula is C20H24N2. The second-order valence-electron chi connectivity index (χ2n) is 5.90. The van der Waals surface area contributed by atoms with Gasteiger partial charge in [-0.3, -0.25) is 0 Å². The van der Waals surface area contributed by atoms with Crippen LogP contribution in [-0.2, 0) is 6.42 Å². The predicted molar refractivity (Wildman–Crippen MR) is 93.3 cm³/mol. The van der Waals surface area contributed by atoms with Gasteiger partial charge in [0.25, 0.3) is 0 Å². The Morgan fingerprint density at radius 1 is 1.14 bits per heavy atom. The number of unbranched alkanes of at least 4 members (excludes halogenated alkanes) is 1. The summed E-state index contributed by atoms with van der Waals surface area (Å²) in [4.78, 5) is 0. The summed E-state index contributed by atoms with van der Waals surface area (Å²) >= 11 is 0. The van der Waals surface area contributed by atoms with E-state index in [0.717, 1.165) is 30.6 Å². The molecule has 0 aliphatic heterocycles. The number of aromatic nitrogens is 2. The Balaban J connectivity index is 2.11. The quantitative estimate of drug-likeness (QED) is 0.735. The molecule has 0 atom stereocenters. The van der Waals surface area contributed by atoms with Gasteiger partial charge in [-0.1, -0.05) is 49.8 Å². The summed E-state index contributed by atoms with van der Waals surface area (Å²) < 4.78 is 2.14. The number of hydrogen-bond acceptors (Lipinski definition) is 1. The minimum atomic E-state index is 1.08. The number of nitrogens with zero attached hydrogens (tertiary/aromatic N) is 2. The van der Waals surface area contributed by atoms with Crippen LogP contribution in [0, 0.1) is 6.92 Å². The van der Waals surface area contributed by atoms with Gasteiger partial charge in [-0.05, 0) is 50.3 Å². The van der Waals surface area contributed by atoms with Crippen LogP contribution in [0.5, 0.6) is 0 Å². The zero-order chi connectivity index (χ0) is 15.4. The number of rotatable bonds is 5. The molecule has 2 heteroatoms. The van der Waals surface area contributed by atoms with Gasteiger partial charge in [-0.15, -0.1) is 0 Å². The summed E-state index contributed by atoms with van der Waals surface area (Å²) in [6, 6.07) is 10.5. The van der Waals surface area contributed by atoms with Crippen LogP contribution in [0.3, 0.4) is 0 Å². The maximum absolute atomic E-state index is 4.85. The Bertz CT molecular complexity index is 690. The summed E-state index contributed by atoms with van der Waals surface area (Å²) in [5.74, 6) is 0. The lowest BCUT2D eigenvalue weighted by atomic mass is 9.96. The number of para-hydroxylation sites is 1. The molecule has 0 saturated heterocycles. The van der Waals surface area contributed by atoms with E-state index in [2.05, 4.69) is 67.1 Å². The van der Waals surface area contributed by atoms with E-state index in [9.17, 15) is 0 Å². The highest BCUT2D eigenvalue weighted by Crippen LogP contribution is 2.30. The first kappa shape index (κ1) is 14.8. The van der Waals surface area contributed by atoms with Gasteiger partial charge in [0.1, 0.15) is 0 Å². The predicted octanol–water partition coefficient (Wildman–Crippen LogP) is 5.26. The molecule has 0 fully saturated rings. The van der Waals surface area contributed by atoms with Crippen molar-refractivity contribution in [3.05, 3.63) is 65.5 Å². The van der Waals surface area contributed by atoms with E-state index in [1.807, 2.05) is 0 Å². The zero-order valence-corrected chi connectivity index (χ0v) is 13.5. The Labute approximate surface area is 133 Å². The SMILES string of the molecule is CCCCc1c(C2=CCCC=C2)c(C)nn1-c1ccccc1. The van der Waals surface area contributed by atoms with E-state index in [-0.39, 0.29) is 0 Å². The maximum Gasteiger partial charge on any atom is 0.0679 e. The topological polar surface area (TPSA) is 17.8 Å². The van der Waals surface area contributed by atoms with Crippen molar-refractivity contribution in [2.75, 3.05) is 0 Å². The normalized spacial score (nSPS) is 14.2. The Morgan fingerprint density at radius 3 is 2.64 bits per heavy atom. The summed E-state index contributed by atoms with van der Waals surface area (Å²) in [7, 11) is 0. The molecule has 0 unspecified atom stereocenters. The van der Waals surface area contributed by atoms with Gasteiger partial charge in [-0.25, -0.2) is 4.68 Å². The van der Waals surface area contributed by atoms with E-state index >= 15 is 0 Å². The highest BCUT2D eigenvalue weighted by molar-refractivity contribution is 5.78. The van der Waals surface area contributed by atoms with E-state index in [1.54, 1.807) is 0 Å². The van der Waals surface area contributed by atoms with E-state index in [4.69, 9.17) is 5.10 Å². The summed E-state index contributed by atoms with van der Waals surface area (Å²) in [5.41, 5.74) is 6.32. The monoisotopic (exact) mass is 292 g/mol. The van der Waals surface area contributed by atoms with Gasteiger partial charge in [0.15, 0.2) is 0 Å². The van der Waals surface area contributed by atoms with Crippen molar-refractivity contribution in [2.24, 2.45) is 0 Å². The lowest BCUT2D eigenvalue weighted by molar-refractivity contribution is 0.726. The van der Waals surface area contributed by atoms with Crippen molar-refractivity contribution in [1.29, 1.82) is 0 Å². The molecule has 2 aromatic rings. The average Bonchev–Trinajstić information content (AvgIpc) is 2.91. The molecule has 0 bridgehead atoms. The molecule has 22 heavy (non-hydrogen) atoms. The first-order chi connectivity index (χ1) is 10.8. The molecule has 0 radical (unpaired) electrons. The summed E-state index contributed by atoms with van der Waals surface area (Å²) in [6.07, 6.45) is 12.7. The van der Waals surface area contributed by atoms with Crippen molar-refractivity contribution in [3.63, 3.8) is 0 Å². The minimum Gasteiger partial charge on any atom is -0.237 e. The molecule has 1 aliphatic rings. The van der Waals surface area contributed by atoms with Crippen molar-refractivity contribution < 1.29 is 0 Å². The fraction of sp³-hybridized carbons (Fsp3) is 0.350. The van der Waals surface area contributed by atoms with Crippen LogP contribution in [0.1, 0.15) is 49.6 Å². The molecule has 1 aromatic carbocycles. The molecule has 1 aromatic heterocycles. The lowest BCUT2D eigenvalue weighted by Crippen LogP contribution is -2.04. The third-order valence-corrected chi connectivity index (χ3v) is 4.21. The zero-order valence-electron chi connectivity index (χ0n) is 13.5. The molecule has 0 amide bonds. The smallest absolute Gasteiger partial charge is 0.0679 e. The van der Waals surface area contributed by atoms with Gasteiger partial charge in [0.05, 0.1) is 17.1 Å². The van der Waals surface area contributed by atoms with E-state index < -0.39 is 0 Å². The molecule has 0 spiro atoms. The molecule has 114 valence electrons. The fourth-order valence-corrected chi connectivity index (χ4v) is 3.11. The van der Waals surface area contributed by atoms with Crippen LogP contribution in [0.25, 0.3) is 11.3 Å². The van der Waals surface area contributed by atoms with Crippen molar-refractivity contribution in [2.45, 2.75) is 46.0 Å². The third-order valence-electron chi connectivity index (χ3n) is 4.21.